The Morgan fingerprint density at radius 2 is 2.09 bits per heavy atom. The Morgan fingerprint density at radius 3 is 2.78 bits per heavy atom. The van der Waals surface area contributed by atoms with E-state index in [4.69, 9.17) is 0 Å². The van der Waals surface area contributed by atoms with Gasteiger partial charge in [-0.25, -0.2) is 9.37 Å². The number of halogens is 1. The lowest BCUT2D eigenvalue weighted by molar-refractivity contribution is -0.131. The average molecular weight is 315 g/mol. The van der Waals surface area contributed by atoms with Crippen molar-refractivity contribution in [1.82, 2.24) is 14.9 Å². The normalized spacial score (nSPS) is 13.7. The lowest BCUT2D eigenvalue weighted by Crippen LogP contribution is -2.39. The van der Waals surface area contributed by atoms with E-state index in [1.807, 2.05) is 6.92 Å². The maximum absolute atomic E-state index is 12.9. The summed E-state index contributed by atoms with van der Waals surface area (Å²) in [6.07, 6.45) is 1.46. The summed E-state index contributed by atoms with van der Waals surface area (Å²) >= 11 is 0. The van der Waals surface area contributed by atoms with Gasteiger partial charge in [-0.15, -0.1) is 0 Å². The summed E-state index contributed by atoms with van der Waals surface area (Å²) in [5, 5.41) is 0. The standard InChI is InChI=1S/C17H18FN3O2/c1-2-16(22)21-8-7-14-13(10-21)17(23)20-15(19-14)9-11-3-5-12(18)6-4-11/h3-6H,2,7-10H2,1H3,(H,19,20,23). The molecule has 6 heteroatoms. The highest BCUT2D eigenvalue weighted by Crippen LogP contribution is 2.15. The van der Waals surface area contributed by atoms with Gasteiger partial charge in [0.2, 0.25) is 5.91 Å². The minimum Gasteiger partial charge on any atom is -0.338 e. The predicted octanol–water partition coefficient (Wildman–Crippen LogP) is 1.79. The van der Waals surface area contributed by atoms with Crippen LogP contribution in [0.1, 0.15) is 36.0 Å². The molecule has 2 heterocycles. The number of aromatic amines is 1. The van der Waals surface area contributed by atoms with Crippen molar-refractivity contribution in [3.63, 3.8) is 0 Å². The Hall–Kier alpha value is -2.50. The average Bonchev–Trinajstić information content (AvgIpc) is 2.56. The van der Waals surface area contributed by atoms with Gasteiger partial charge < -0.3 is 9.88 Å². The van der Waals surface area contributed by atoms with E-state index in [0.29, 0.717) is 43.7 Å². The van der Waals surface area contributed by atoms with Crippen molar-refractivity contribution in [2.75, 3.05) is 6.54 Å². The minimum atomic E-state index is -0.290. The molecule has 23 heavy (non-hydrogen) atoms. The Labute approximate surface area is 133 Å². The predicted molar refractivity (Wildman–Crippen MR) is 83.5 cm³/mol. The molecule has 3 rings (SSSR count). The summed E-state index contributed by atoms with van der Waals surface area (Å²) in [7, 11) is 0. The van der Waals surface area contributed by atoms with Gasteiger partial charge in [0.1, 0.15) is 11.6 Å². The number of rotatable bonds is 3. The molecule has 0 saturated heterocycles. The van der Waals surface area contributed by atoms with Crippen LogP contribution in [0.2, 0.25) is 0 Å². The fourth-order valence-corrected chi connectivity index (χ4v) is 2.79. The van der Waals surface area contributed by atoms with Crippen molar-refractivity contribution < 1.29 is 9.18 Å². The molecule has 1 amide bonds. The molecule has 0 saturated carbocycles. The van der Waals surface area contributed by atoms with E-state index in [0.717, 1.165) is 11.3 Å². The van der Waals surface area contributed by atoms with Crippen molar-refractivity contribution in [1.29, 1.82) is 0 Å². The van der Waals surface area contributed by atoms with Crippen LogP contribution in [-0.2, 0) is 24.2 Å². The first-order chi connectivity index (χ1) is 11.1. The number of fused-ring (bicyclic) bond motifs is 1. The van der Waals surface area contributed by atoms with Crippen LogP contribution in [0.15, 0.2) is 29.1 Å². The molecule has 0 unspecified atom stereocenters. The molecule has 0 atom stereocenters. The lowest BCUT2D eigenvalue weighted by atomic mass is 10.1. The van der Waals surface area contributed by atoms with Gasteiger partial charge in [0.25, 0.3) is 5.56 Å². The number of nitrogens with one attached hydrogen (secondary N) is 1. The summed E-state index contributed by atoms with van der Waals surface area (Å²) < 4.78 is 12.9. The number of hydrogen-bond acceptors (Lipinski definition) is 3. The lowest BCUT2D eigenvalue weighted by Gasteiger charge is -2.27. The van der Waals surface area contributed by atoms with Crippen molar-refractivity contribution in [3.05, 3.63) is 63.1 Å². The number of amides is 1. The van der Waals surface area contributed by atoms with Crippen molar-refractivity contribution in [3.8, 4) is 0 Å². The molecule has 5 nitrogen and oxygen atoms in total. The summed E-state index contributed by atoms with van der Waals surface area (Å²) in [6.45, 7) is 2.72. The highest BCUT2D eigenvalue weighted by Gasteiger charge is 2.23. The second-order valence-electron chi connectivity index (χ2n) is 5.66. The molecule has 1 aliphatic rings. The Morgan fingerprint density at radius 1 is 1.35 bits per heavy atom. The van der Waals surface area contributed by atoms with E-state index in [9.17, 15) is 14.0 Å². The van der Waals surface area contributed by atoms with E-state index in [2.05, 4.69) is 9.97 Å². The molecule has 1 aliphatic heterocycles. The molecule has 1 aromatic heterocycles. The van der Waals surface area contributed by atoms with E-state index in [-0.39, 0.29) is 17.3 Å². The first-order valence-electron chi connectivity index (χ1n) is 7.70. The molecule has 0 fully saturated rings. The van der Waals surface area contributed by atoms with Crippen molar-refractivity contribution >= 4 is 5.91 Å². The van der Waals surface area contributed by atoms with E-state index >= 15 is 0 Å². The summed E-state index contributed by atoms with van der Waals surface area (Å²) in [6, 6.07) is 6.13. The maximum atomic E-state index is 12.9. The first-order valence-corrected chi connectivity index (χ1v) is 7.70. The van der Waals surface area contributed by atoms with Crippen LogP contribution in [0.25, 0.3) is 0 Å². The van der Waals surface area contributed by atoms with Gasteiger partial charge in [-0.2, -0.15) is 0 Å². The zero-order valence-electron chi connectivity index (χ0n) is 12.9. The van der Waals surface area contributed by atoms with E-state index in [1.54, 1.807) is 17.0 Å². The number of hydrogen-bond donors (Lipinski definition) is 1. The van der Waals surface area contributed by atoms with Gasteiger partial charge in [-0.05, 0) is 17.7 Å². The molecule has 0 aliphatic carbocycles. The van der Waals surface area contributed by atoms with Crippen LogP contribution in [0.5, 0.6) is 0 Å². The SMILES string of the molecule is CCC(=O)N1CCc2nc(Cc3ccc(F)cc3)[nH]c(=O)c2C1. The van der Waals surface area contributed by atoms with E-state index in [1.165, 1.54) is 12.1 Å². The molecule has 2 aromatic rings. The second-order valence-corrected chi connectivity index (χ2v) is 5.66. The van der Waals surface area contributed by atoms with Crippen LogP contribution < -0.4 is 5.56 Å². The monoisotopic (exact) mass is 315 g/mol. The quantitative estimate of drug-likeness (QED) is 0.939. The number of carbonyl (C=O) groups excluding carboxylic acids is 1. The summed E-state index contributed by atoms with van der Waals surface area (Å²) in [5.74, 6) is 0.322. The smallest absolute Gasteiger partial charge is 0.256 e. The zero-order chi connectivity index (χ0) is 16.4. The molecule has 0 spiro atoms. The summed E-state index contributed by atoms with van der Waals surface area (Å²) in [4.78, 5) is 33.1. The van der Waals surface area contributed by atoms with E-state index < -0.39 is 0 Å². The van der Waals surface area contributed by atoms with Crippen LogP contribution in [-0.4, -0.2) is 27.3 Å². The molecule has 0 bridgehead atoms. The molecule has 1 aromatic carbocycles. The Bertz CT molecular complexity index is 783. The molecule has 1 N–H and O–H groups in total. The van der Waals surface area contributed by atoms with Crippen LogP contribution in [0, 0.1) is 5.82 Å². The van der Waals surface area contributed by atoms with Crippen molar-refractivity contribution in [2.45, 2.75) is 32.7 Å². The first kappa shape index (κ1) is 15.4. The Kier molecular flexibility index (Phi) is 4.23. The highest BCUT2D eigenvalue weighted by atomic mass is 19.1. The van der Waals surface area contributed by atoms with Crippen molar-refractivity contribution in [2.24, 2.45) is 0 Å². The Balaban J connectivity index is 1.84. The molecule has 0 radical (unpaired) electrons. The third-order valence-corrected chi connectivity index (χ3v) is 4.06. The third-order valence-electron chi connectivity index (χ3n) is 4.06. The summed E-state index contributed by atoms with van der Waals surface area (Å²) in [5.41, 5.74) is 2.01. The molecule has 120 valence electrons. The fourth-order valence-electron chi connectivity index (χ4n) is 2.79. The van der Waals surface area contributed by atoms with Gasteiger partial charge in [0, 0.05) is 25.8 Å². The second kappa shape index (κ2) is 6.32. The largest absolute Gasteiger partial charge is 0.338 e. The highest BCUT2D eigenvalue weighted by molar-refractivity contribution is 5.76. The number of benzene rings is 1. The zero-order valence-corrected chi connectivity index (χ0v) is 12.9. The number of nitrogens with zero attached hydrogens (tertiary/aromatic N) is 2. The van der Waals surface area contributed by atoms with Gasteiger partial charge in [-0.1, -0.05) is 19.1 Å². The number of carbonyl (C=O) groups is 1. The topological polar surface area (TPSA) is 66.1 Å². The minimum absolute atomic E-state index is 0.0467. The third kappa shape index (κ3) is 3.31. The van der Waals surface area contributed by atoms with Gasteiger partial charge in [-0.3, -0.25) is 9.59 Å². The molecular formula is C17H18FN3O2. The fraction of sp³-hybridized carbons (Fsp3) is 0.353. The number of aromatic nitrogens is 2. The van der Waals surface area contributed by atoms with Gasteiger partial charge >= 0.3 is 0 Å². The number of H-pyrrole nitrogens is 1. The van der Waals surface area contributed by atoms with Crippen LogP contribution in [0.4, 0.5) is 4.39 Å². The van der Waals surface area contributed by atoms with Crippen LogP contribution in [0.3, 0.4) is 0 Å². The molecular weight excluding hydrogens is 297 g/mol. The maximum Gasteiger partial charge on any atom is 0.256 e. The van der Waals surface area contributed by atoms with Gasteiger partial charge in [0.05, 0.1) is 17.8 Å². The van der Waals surface area contributed by atoms with Crippen LogP contribution >= 0.6 is 0 Å². The van der Waals surface area contributed by atoms with Gasteiger partial charge in [0.15, 0.2) is 0 Å².